The SMILES string of the molecule is CCC[C@H](c1nnnn1C(C)(C)CC)N1CCN(C)CC1. The van der Waals surface area contributed by atoms with Crippen LogP contribution in [0.1, 0.15) is 58.8 Å². The minimum absolute atomic E-state index is 0.0304. The maximum atomic E-state index is 4.39. The molecule has 6 nitrogen and oxygen atoms in total. The van der Waals surface area contributed by atoms with E-state index in [1.807, 2.05) is 4.68 Å². The molecule has 0 spiro atoms. The monoisotopic (exact) mass is 294 g/mol. The molecule has 0 bridgehead atoms. The Morgan fingerprint density at radius 2 is 1.81 bits per heavy atom. The first-order valence-electron chi connectivity index (χ1n) is 8.21. The molecule has 0 saturated carbocycles. The minimum atomic E-state index is -0.0304. The van der Waals surface area contributed by atoms with Crippen LogP contribution in [0.2, 0.25) is 0 Å². The molecule has 1 aromatic rings. The molecule has 0 amide bonds. The Bertz CT molecular complexity index is 433. The van der Waals surface area contributed by atoms with Gasteiger partial charge in [0.1, 0.15) is 0 Å². The van der Waals surface area contributed by atoms with Crippen LogP contribution in [-0.4, -0.2) is 63.2 Å². The zero-order valence-electron chi connectivity index (χ0n) is 14.2. The van der Waals surface area contributed by atoms with Gasteiger partial charge in [-0.1, -0.05) is 20.3 Å². The predicted molar refractivity (Wildman–Crippen MR) is 84.1 cm³/mol. The Morgan fingerprint density at radius 1 is 1.14 bits per heavy atom. The summed E-state index contributed by atoms with van der Waals surface area (Å²) >= 11 is 0. The van der Waals surface area contributed by atoms with Crippen LogP contribution in [0.25, 0.3) is 0 Å². The second kappa shape index (κ2) is 6.83. The minimum Gasteiger partial charge on any atom is -0.304 e. The van der Waals surface area contributed by atoms with Crippen molar-refractivity contribution in [1.29, 1.82) is 0 Å². The molecule has 2 heterocycles. The number of tetrazole rings is 1. The van der Waals surface area contributed by atoms with Gasteiger partial charge in [0.05, 0.1) is 11.6 Å². The maximum absolute atomic E-state index is 4.39. The fourth-order valence-corrected chi connectivity index (χ4v) is 2.86. The molecule has 1 aliphatic heterocycles. The standard InChI is InChI=1S/C15H30N6/c1-6-8-13(20-11-9-19(5)10-12-20)14-16-17-18-21(14)15(3,4)7-2/h13H,6-12H2,1-5H3/t13-/m1/s1. The van der Waals surface area contributed by atoms with E-state index in [9.17, 15) is 0 Å². The van der Waals surface area contributed by atoms with Crippen LogP contribution in [0.4, 0.5) is 0 Å². The number of hydrogen-bond acceptors (Lipinski definition) is 5. The molecule has 2 rings (SSSR count). The van der Waals surface area contributed by atoms with Crippen molar-refractivity contribution in [3.05, 3.63) is 5.82 Å². The van der Waals surface area contributed by atoms with Crippen molar-refractivity contribution in [2.24, 2.45) is 0 Å². The van der Waals surface area contributed by atoms with Gasteiger partial charge in [-0.15, -0.1) is 5.10 Å². The first kappa shape index (κ1) is 16.4. The molecule has 120 valence electrons. The van der Waals surface area contributed by atoms with E-state index in [1.54, 1.807) is 0 Å². The summed E-state index contributed by atoms with van der Waals surface area (Å²) in [6.07, 6.45) is 3.28. The van der Waals surface area contributed by atoms with E-state index in [-0.39, 0.29) is 5.54 Å². The van der Waals surface area contributed by atoms with Crippen molar-refractivity contribution < 1.29 is 0 Å². The molecule has 1 saturated heterocycles. The number of hydrogen-bond donors (Lipinski definition) is 0. The molecule has 1 aliphatic rings. The van der Waals surface area contributed by atoms with Crippen LogP contribution >= 0.6 is 0 Å². The van der Waals surface area contributed by atoms with E-state index < -0.39 is 0 Å². The summed E-state index contributed by atoms with van der Waals surface area (Å²) in [5.74, 6) is 1.04. The van der Waals surface area contributed by atoms with E-state index in [4.69, 9.17) is 0 Å². The second-order valence-corrected chi connectivity index (χ2v) is 6.76. The van der Waals surface area contributed by atoms with Crippen LogP contribution in [0.5, 0.6) is 0 Å². The molecule has 1 atom stereocenters. The number of aromatic nitrogens is 4. The van der Waals surface area contributed by atoms with E-state index in [1.165, 1.54) is 0 Å². The van der Waals surface area contributed by atoms with Crippen LogP contribution in [0.3, 0.4) is 0 Å². The van der Waals surface area contributed by atoms with Crippen LogP contribution in [0.15, 0.2) is 0 Å². The van der Waals surface area contributed by atoms with Gasteiger partial charge in [0.15, 0.2) is 5.82 Å². The molecular formula is C15H30N6. The Balaban J connectivity index is 2.25. The van der Waals surface area contributed by atoms with Gasteiger partial charge in [-0.2, -0.15) is 0 Å². The van der Waals surface area contributed by atoms with E-state index in [0.717, 1.165) is 51.3 Å². The van der Waals surface area contributed by atoms with Gasteiger partial charge < -0.3 is 4.90 Å². The maximum Gasteiger partial charge on any atom is 0.168 e. The first-order valence-corrected chi connectivity index (χ1v) is 8.21. The third-order valence-corrected chi connectivity index (χ3v) is 4.77. The summed E-state index contributed by atoms with van der Waals surface area (Å²) in [4.78, 5) is 4.94. The van der Waals surface area contributed by atoms with Crippen molar-refractivity contribution in [3.8, 4) is 0 Å². The number of piperazine rings is 1. The fraction of sp³-hybridized carbons (Fsp3) is 0.933. The lowest BCUT2D eigenvalue weighted by atomic mass is 10.0. The zero-order valence-corrected chi connectivity index (χ0v) is 14.2. The average molecular weight is 294 g/mol. The molecular weight excluding hydrogens is 264 g/mol. The Hall–Kier alpha value is -1.01. The largest absolute Gasteiger partial charge is 0.304 e. The van der Waals surface area contributed by atoms with E-state index in [0.29, 0.717) is 6.04 Å². The average Bonchev–Trinajstić information content (AvgIpc) is 2.96. The molecule has 0 aromatic carbocycles. The van der Waals surface area contributed by atoms with E-state index in [2.05, 4.69) is 60.1 Å². The second-order valence-electron chi connectivity index (χ2n) is 6.76. The van der Waals surface area contributed by atoms with Gasteiger partial charge in [0.25, 0.3) is 0 Å². The van der Waals surface area contributed by atoms with Crippen LogP contribution in [-0.2, 0) is 5.54 Å². The fourth-order valence-electron chi connectivity index (χ4n) is 2.86. The molecule has 0 N–H and O–H groups in total. The van der Waals surface area contributed by atoms with Gasteiger partial charge in [-0.25, -0.2) is 4.68 Å². The topological polar surface area (TPSA) is 50.1 Å². The molecule has 0 unspecified atom stereocenters. The zero-order chi connectivity index (χ0) is 15.5. The van der Waals surface area contributed by atoms with Gasteiger partial charge in [0.2, 0.25) is 0 Å². The van der Waals surface area contributed by atoms with E-state index >= 15 is 0 Å². The molecule has 6 heteroatoms. The van der Waals surface area contributed by atoms with Crippen molar-refractivity contribution in [2.45, 2.75) is 58.5 Å². The number of likely N-dealkylation sites (N-methyl/N-ethyl adjacent to an activating group) is 1. The lowest BCUT2D eigenvalue weighted by Gasteiger charge is -2.38. The normalized spacial score (nSPS) is 19.9. The van der Waals surface area contributed by atoms with Crippen molar-refractivity contribution >= 4 is 0 Å². The Labute approximate surface area is 128 Å². The third-order valence-electron chi connectivity index (χ3n) is 4.77. The predicted octanol–water partition coefficient (Wildman–Crippen LogP) is 1.91. The van der Waals surface area contributed by atoms with Crippen LogP contribution in [0, 0.1) is 0 Å². The van der Waals surface area contributed by atoms with Crippen LogP contribution < -0.4 is 0 Å². The van der Waals surface area contributed by atoms with Crippen molar-refractivity contribution in [3.63, 3.8) is 0 Å². The Kier molecular flexibility index (Phi) is 5.32. The lowest BCUT2D eigenvalue weighted by molar-refractivity contribution is 0.0954. The summed E-state index contributed by atoms with van der Waals surface area (Å²) in [6.45, 7) is 13.3. The first-order chi connectivity index (χ1) is 9.99. The molecule has 1 aromatic heterocycles. The van der Waals surface area contributed by atoms with Crippen molar-refractivity contribution in [1.82, 2.24) is 30.0 Å². The number of nitrogens with zero attached hydrogens (tertiary/aromatic N) is 6. The van der Waals surface area contributed by atoms with Gasteiger partial charge in [-0.05, 0) is 44.2 Å². The summed E-state index contributed by atoms with van der Waals surface area (Å²) in [6, 6.07) is 0.338. The molecule has 21 heavy (non-hydrogen) atoms. The summed E-state index contributed by atoms with van der Waals surface area (Å²) in [5, 5.41) is 12.7. The molecule has 0 aliphatic carbocycles. The molecule has 1 fully saturated rings. The number of rotatable bonds is 6. The van der Waals surface area contributed by atoms with Gasteiger partial charge in [-0.3, -0.25) is 4.90 Å². The highest BCUT2D eigenvalue weighted by Crippen LogP contribution is 2.29. The highest BCUT2D eigenvalue weighted by Gasteiger charge is 2.31. The smallest absolute Gasteiger partial charge is 0.168 e. The summed E-state index contributed by atoms with van der Waals surface area (Å²) in [7, 11) is 2.19. The van der Waals surface area contributed by atoms with Gasteiger partial charge >= 0.3 is 0 Å². The van der Waals surface area contributed by atoms with Gasteiger partial charge in [0, 0.05) is 26.2 Å². The quantitative estimate of drug-likeness (QED) is 0.802. The highest BCUT2D eigenvalue weighted by atomic mass is 15.6. The summed E-state index contributed by atoms with van der Waals surface area (Å²) < 4.78 is 2.05. The Morgan fingerprint density at radius 3 is 2.38 bits per heavy atom. The highest BCUT2D eigenvalue weighted by molar-refractivity contribution is 4.98. The lowest BCUT2D eigenvalue weighted by Crippen LogP contribution is -2.47. The molecule has 0 radical (unpaired) electrons. The third kappa shape index (κ3) is 3.61. The summed E-state index contributed by atoms with van der Waals surface area (Å²) in [5.41, 5.74) is -0.0304. The van der Waals surface area contributed by atoms with Crippen molar-refractivity contribution in [2.75, 3.05) is 33.2 Å².